The Hall–Kier alpha value is -1.22. The first-order valence-corrected chi connectivity index (χ1v) is 8.21. The Morgan fingerprint density at radius 2 is 2.05 bits per heavy atom. The number of ether oxygens (including phenoxy) is 1. The van der Waals surface area contributed by atoms with Gasteiger partial charge < -0.3 is 15.0 Å². The molecule has 0 saturated heterocycles. The van der Waals surface area contributed by atoms with Crippen LogP contribution in [0.4, 0.5) is 5.69 Å². The molecule has 3 heteroatoms. The van der Waals surface area contributed by atoms with Crippen LogP contribution >= 0.6 is 0 Å². The average Bonchev–Trinajstić information content (AvgIpc) is 2.54. The molecule has 0 amide bonds. The first-order chi connectivity index (χ1) is 10.2. The van der Waals surface area contributed by atoms with E-state index in [4.69, 9.17) is 4.74 Å². The second-order valence-corrected chi connectivity index (χ2v) is 6.29. The lowest BCUT2D eigenvalue weighted by molar-refractivity contribution is 0.210. The molecule has 0 aliphatic heterocycles. The largest absolute Gasteiger partial charge is 0.495 e. The first kappa shape index (κ1) is 16.2. The molecule has 1 aromatic carbocycles. The van der Waals surface area contributed by atoms with E-state index in [1.165, 1.54) is 31.4 Å². The number of methoxy groups -OCH3 is 1. The van der Waals surface area contributed by atoms with Crippen molar-refractivity contribution in [2.75, 3.05) is 32.6 Å². The summed E-state index contributed by atoms with van der Waals surface area (Å²) in [6.07, 6.45) is 5.32. The minimum atomic E-state index is 0.643. The lowest BCUT2D eigenvalue weighted by atomic mass is 9.76. The molecule has 3 nitrogen and oxygen atoms in total. The van der Waals surface area contributed by atoms with Crippen molar-refractivity contribution in [3.63, 3.8) is 0 Å². The summed E-state index contributed by atoms with van der Waals surface area (Å²) in [5, 5.41) is 3.53. The van der Waals surface area contributed by atoms with E-state index in [2.05, 4.69) is 43.4 Å². The van der Waals surface area contributed by atoms with Crippen molar-refractivity contribution in [3.8, 4) is 5.75 Å². The van der Waals surface area contributed by atoms with Crippen LogP contribution in [0.2, 0.25) is 0 Å². The van der Waals surface area contributed by atoms with E-state index in [1.54, 1.807) is 7.11 Å². The van der Waals surface area contributed by atoms with E-state index >= 15 is 0 Å². The smallest absolute Gasteiger partial charge is 0.142 e. The van der Waals surface area contributed by atoms with Crippen molar-refractivity contribution in [2.45, 2.75) is 38.6 Å². The van der Waals surface area contributed by atoms with Gasteiger partial charge in [0.15, 0.2) is 0 Å². The van der Waals surface area contributed by atoms with Crippen LogP contribution in [0.5, 0.6) is 5.75 Å². The van der Waals surface area contributed by atoms with Crippen molar-refractivity contribution < 1.29 is 4.74 Å². The predicted octanol–water partition coefficient (Wildman–Crippen LogP) is 3.55. The SMILES string of the molecule is CCC1CCC(NC)C(CN(C)c2ccccc2OC)C1. The standard InChI is InChI=1S/C18H30N2O/c1-5-14-10-11-16(19-2)15(12-14)13-20(3)17-8-6-7-9-18(17)21-4/h6-9,14-16,19H,5,10-13H2,1-4H3. The molecule has 2 rings (SSSR count). The number of benzene rings is 1. The molecular weight excluding hydrogens is 260 g/mol. The molecule has 1 saturated carbocycles. The zero-order valence-corrected chi connectivity index (χ0v) is 13.9. The fourth-order valence-electron chi connectivity index (χ4n) is 3.71. The van der Waals surface area contributed by atoms with E-state index in [1.807, 2.05) is 12.1 Å². The molecular formula is C18H30N2O. The van der Waals surface area contributed by atoms with Crippen LogP contribution < -0.4 is 15.0 Å². The Morgan fingerprint density at radius 1 is 1.29 bits per heavy atom. The maximum atomic E-state index is 5.49. The molecule has 118 valence electrons. The Morgan fingerprint density at radius 3 is 2.71 bits per heavy atom. The van der Waals surface area contributed by atoms with E-state index in [0.29, 0.717) is 12.0 Å². The number of hydrogen-bond acceptors (Lipinski definition) is 3. The van der Waals surface area contributed by atoms with Gasteiger partial charge in [0.25, 0.3) is 0 Å². The fourth-order valence-corrected chi connectivity index (χ4v) is 3.71. The van der Waals surface area contributed by atoms with Crippen molar-refractivity contribution >= 4 is 5.69 Å². The van der Waals surface area contributed by atoms with Gasteiger partial charge in [-0.1, -0.05) is 25.5 Å². The monoisotopic (exact) mass is 290 g/mol. The third kappa shape index (κ3) is 3.91. The molecule has 0 aromatic heterocycles. The molecule has 0 radical (unpaired) electrons. The third-order valence-electron chi connectivity index (χ3n) is 5.04. The van der Waals surface area contributed by atoms with E-state index in [9.17, 15) is 0 Å². The topological polar surface area (TPSA) is 24.5 Å². The number of rotatable bonds is 6. The van der Waals surface area contributed by atoms with Crippen LogP contribution in [0.15, 0.2) is 24.3 Å². The van der Waals surface area contributed by atoms with Crippen LogP contribution in [-0.4, -0.2) is 33.8 Å². The summed E-state index contributed by atoms with van der Waals surface area (Å²) < 4.78 is 5.49. The second kappa shape index (κ2) is 7.69. The van der Waals surface area contributed by atoms with Gasteiger partial charge in [-0.25, -0.2) is 0 Å². The van der Waals surface area contributed by atoms with Crippen molar-refractivity contribution in [1.82, 2.24) is 5.32 Å². The number of nitrogens with one attached hydrogen (secondary N) is 1. The van der Waals surface area contributed by atoms with Gasteiger partial charge in [0.1, 0.15) is 5.75 Å². The maximum Gasteiger partial charge on any atom is 0.142 e. The molecule has 3 unspecified atom stereocenters. The van der Waals surface area contributed by atoms with Crippen molar-refractivity contribution in [3.05, 3.63) is 24.3 Å². The molecule has 1 aromatic rings. The van der Waals surface area contributed by atoms with E-state index in [-0.39, 0.29) is 0 Å². The fraction of sp³-hybridized carbons (Fsp3) is 0.667. The van der Waals surface area contributed by atoms with Crippen LogP contribution in [0, 0.1) is 11.8 Å². The Balaban J connectivity index is 2.07. The van der Waals surface area contributed by atoms with Gasteiger partial charge in [0.2, 0.25) is 0 Å². The van der Waals surface area contributed by atoms with Crippen molar-refractivity contribution in [1.29, 1.82) is 0 Å². The molecule has 3 atom stereocenters. The van der Waals surface area contributed by atoms with Gasteiger partial charge in [0, 0.05) is 19.6 Å². The zero-order chi connectivity index (χ0) is 15.2. The molecule has 21 heavy (non-hydrogen) atoms. The van der Waals surface area contributed by atoms with Crippen LogP contribution in [0.3, 0.4) is 0 Å². The summed E-state index contributed by atoms with van der Waals surface area (Å²) in [4.78, 5) is 2.35. The van der Waals surface area contributed by atoms with Crippen LogP contribution in [0.25, 0.3) is 0 Å². The van der Waals surface area contributed by atoms with Gasteiger partial charge in [-0.05, 0) is 50.3 Å². The maximum absolute atomic E-state index is 5.49. The predicted molar refractivity (Wildman–Crippen MR) is 90.2 cm³/mol. The number of nitrogens with zero attached hydrogens (tertiary/aromatic N) is 1. The van der Waals surface area contributed by atoms with Gasteiger partial charge in [0.05, 0.1) is 12.8 Å². The Labute approximate surface area is 129 Å². The van der Waals surface area contributed by atoms with Gasteiger partial charge in [-0.3, -0.25) is 0 Å². The van der Waals surface area contributed by atoms with Gasteiger partial charge in [-0.2, -0.15) is 0 Å². The Bertz CT molecular complexity index is 435. The van der Waals surface area contributed by atoms with Crippen LogP contribution in [0.1, 0.15) is 32.6 Å². The summed E-state index contributed by atoms with van der Waals surface area (Å²) in [5.74, 6) is 2.57. The molecule has 1 aliphatic rings. The highest BCUT2D eigenvalue weighted by Gasteiger charge is 2.29. The van der Waals surface area contributed by atoms with Crippen LogP contribution in [-0.2, 0) is 0 Å². The highest BCUT2D eigenvalue weighted by Crippen LogP contribution is 2.34. The molecule has 0 bridgehead atoms. The summed E-state index contributed by atoms with van der Waals surface area (Å²) >= 11 is 0. The average molecular weight is 290 g/mol. The molecule has 1 fully saturated rings. The van der Waals surface area contributed by atoms with Crippen molar-refractivity contribution in [2.24, 2.45) is 11.8 Å². The number of hydrogen-bond donors (Lipinski definition) is 1. The highest BCUT2D eigenvalue weighted by molar-refractivity contribution is 5.57. The summed E-state index contributed by atoms with van der Waals surface area (Å²) in [6, 6.07) is 8.94. The minimum absolute atomic E-state index is 0.643. The quantitative estimate of drug-likeness (QED) is 0.867. The number of anilines is 1. The Kier molecular flexibility index (Phi) is 5.92. The summed E-state index contributed by atoms with van der Waals surface area (Å²) in [7, 11) is 6.03. The van der Waals surface area contributed by atoms with Gasteiger partial charge in [-0.15, -0.1) is 0 Å². The second-order valence-electron chi connectivity index (χ2n) is 6.29. The number of para-hydroxylation sites is 2. The van der Waals surface area contributed by atoms with E-state index in [0.717, 1.165) is 18.2 Å². The summed E-state index contributed by atoms with van der Waals surface area (Å²) in [6.45, 7) is 3.41. The lowest BCUT2D eigenvalue weighted by Crippen LogP contribution is -2.44. The molecule has 1 aliphatic carbocycles. The lowest BCUT2D eigenvalue weighted by Gasteiger charge is -2.38. The highest BCUT2D eigenvalue weighted by atomic mass is 16.5. The zero-order valence-electron chi connectivity index (χ0n) is 13.9. The van der Waals surface area contributed by atoms with Gasteiger partial charge >= 0.3 is 0 Å². The summed E-state index contributed by atoms with van der Waals surface area (Å²) in [5.41, 5.74) is 1.19. The first-order valence-electron chi connectivity index (χ1n) is 8.21. The van der Waals surface area contributed by atoms with E-state index < -0.39 is 0 Å². The normalized spacial score (nSPS) is 25.6. The third-order valence-corrected chi connectivity index (χ3v) is 5.04. The molecule has 1 N–H and O–H groups in total. The minimum Gasteiger partial charge on any atom is -0.495 e. The molecule has 0 spiro atoms. The molecule has 0 heterocycles.